The van der Waals surface area contributed by atoms with Crippen molar-refractivity contribution in [2.75, 3.05) is 5.73 Å². The fourth-order valence-electron chi connectivity index (χ4n) is 3.03. The Morgan fingerprint density at radius 3 is 2.74 bits per heavy atom. The van der Waals surface area contributed by atoms with E-state index in [1.165, 1.54) is 6.20 Å². The number of halogens is 2. The molecule has 1 aliphatic carbocycles. The number of anilines is 1. The summed E-state index contributed by atoms with van der Waals surface area (Å²) in [6.45, 7) is 1.85. The summed E-state index contributed by atoms with van der Waals surface area (Å²) < 4.78 is 20.9. The third kappa shape index (κ3) is 4.87. The molecular weight excluding hydrogens is 371 g/mol. The van der Waals surface area contributed by atoms with E-state index < -0.39 is 11.7 Å². The SMILES string of the molecule is C[C@H](CC(N)=O)N[C@@H](c1ccc(Cl)c(Oc2ccc(N)nc2)c1F)C1CC1. The highest BCUT2D eigenvalue weighted by atomic mass is 35.5. The van der Waals surface area contributed by atoms with Gasteiger partial charge in [0.1, 0.15) is 11.6 Å². The van der Waals surface area contributed by atoms with Crippen molar-refractivity contribution in [1.82, 2.24) is 10.3 Å². The number of nitrogens with two attached hydrogens (primary N) is 2. The summed E-state index contributed by atoms with van der Waals surface area (Å²) in [6, 6.07) is 5.99. The van der Waals surface area contributed by atoms with E-state index in [1.807, 2.05) is 6.92 Å². The van der Waals surface area contributed by atoms with Crippen LogP contribution in [0.5, 0.6) is 11.5 Å². The summed E-state index contributed by atoms with van der Waals surface area (Å²) in [6.07, 6.45) is 3.56. The Kier molecular flexibility index (Phi) is 5.82. The van der Waals surface area contributed by atoms with Crippen LogP contribution in [0.4, 0.5) is 10.2 Å². The smallest absolute Gasteiger partial charge is 0.218 e. The molecule has 3 rings (SSSR count). The van der Waals surface area contributed by atoms with E-state index in [0.717, 1.165) is 12.8 Å². The van der Waals surface area contributed by atoms with E-state index >= 15 is 4.39 Å². The molecule has 1 amide bonds. The maximum Gasteiger partial charge on any atom is 0.218 e. The Morgan fingerprint density at radius 1 is 1.41 bits per heavy atom. The number of benzene rings is 1. The Morgan fingerprint density at radius 2 is 2.15 bits per heavy atom. The summed E-state index contributed by atoms with van der Waals surface area (Å²) in [5.41, 5.74) is 11.3. The van der Waals surface area contributed by atoms with E-state index in [4.69, 9.17) is 27.8 Å². The zero-order valence-corrected chi connectivity index (χ0v) is 15.7. The molecule has 1 aromatic heterocycles. The normalized spacial score (nSPS) is 16.0. The van der Waals surface area contributed by atoms with E-state index in [1.54, 1.807) is 24.3 Å². The quantitative estimate of drug-likeness (QED) is 0.637. The number of carbonyl (C=O) groups is 1. The van der Waals surface area contributed by atoms with Gasteiger partial charge in [0.15, 0.2) is 11.6 Å². The summed E-state index contributed by atoms with van der Waals surface area (Å²) in [7, 11) is 0. The average Bonchev–Trinajstić information content (AvgIpc) is 3.43. The van der Waals surface area contributed by atoms with Gasteiger partial charge in [-0.15, -0.1) is 0 Å². The molecule has 1 fully saturated rings. The number of hydrogen-bond acceptors (Lipinski definition) is 5. The van der Waals surface area contributed by atoms with Gasteiger partial charge in [-0.3, -0.25) is 4.79 Å². The number of amides is 1. The molecule has 27 heavy (non-hydrogen) atoms. The molecule has 0 spiro atoms. The number of rotatable bonds is 8. The molecule has 0 aliphatic heterocycles. The van der Waals surface area contributed by atoms with Gasteiger partial charge in [0, 0.05) is 24.1 Å². The van der Waals surface area contributed by atoms with Crippen molar-refractivity contribution in [3.63, 3.8) is 0 Å². The van der Waals surface area contributed by atoms with E-state index in [0.29, 0.717) is 23.0 Å². The van der Waals surface area contributed by atoms with Crippen LogP contribution in [0.1, 0.15) is 37.8 Å². The van der Waals surface area contributed by atoms with Gasteiger partial charge in [0.05, 0.1) is 11.2 Å². The molecule has 8 heteroatoms. The topological polar surface area (TPSA) is 103 Å². The van der Waals surface area contributed by atoms with Gasteiger partial charge >= 0.3 is 0 Å². The second-order valence-corrected chi connectivity index (χ2v) is 7.26. The van der Waals surface area contributed by atoms with Crippen molar-refractivity contribution in [1.29, 1.82) is 0 Å². The molecule has 2 atom stereocenters. The van der Waals surface area contributed by atoms with Crippen LogP contribution in [0, 0.1) is 11.7 Å². The number of primary amides is 1. The second-order valence-electron chi connectivity index (χ2n) is 6.85. The monoisotopic (exact) mass is 392 g/mol. The molecule has 6 nitrogen and oxygen atoms in total. The zero-order valence-electron chi connectivity index (χ0n) is 14.9. The first-order valence-electron chi connectivity index (χ1n) is 8.76. The first kappa shape index (κ1) is 19.4. The van der Waals surface area contributed by atoms with Gasteiger partial charge in [0.2, 0.25) is 5.91 Å². The molecule has 5 N–H and O–H groups in total. The van der Waals surface area contributed by atoms with Crippen LogP contribution < -0.4 is 21.5 Å². The Hall–Kier alpha value is -2.38. The van der Waals surface area contributed by atoms with Crippen molar-refractivity contribution >= 4 is 23.3 Å². The lowest BCUT2D eigenvalue weighted by Gasteiger charge is -2.24. The fraction of sp³-hybridized carbons (Fsp3) is 0.368. The van der Waals surface area contributed by atoms with Crippen molar-refractivity contribution < 1.29 is 13.9 Å². The van der Waals surface area contributed by atoms with Crippen molar-refractivity contribution in [3.8, 4) is 11.5 Å². The fourth-order valence-corrected chi connectivity index (χ4v) is 3.21. The third-order valence-corrected chi connectivity index (χ3v) is 4.76. The Labute approximate surface area is 162 Å². The largest absolute Gasteiger partial charge is 0.451 e. The number of ether oxygens (including phenoxy) is 1. The van der Waals surface area contributed by atoms with Crippen molar-refractivity contribution in [2.45, 2.75) is 38.3 Å². The van der Waals surface area contributed by atoms with E-state index in [-0.39, 0.29) is 29.3 Å². The molecule has 1 saturated carbocycles. The number of hydrogen-bond donors (Lipinski definition) is 3. The zero-order chi connectivity index (χ0) is 19.6. The molecule has 0 unspecified atom stereocenters. The van der Waals surface area contributed by atoms with Crippen molar-refractivity contribution in [3.05, 3.63) is 46.9 Å². The third-order valence-electron chi connectivity index (χ3n) is 4.46. The number of pyridine rings is 1. The highest BCUT2D eigenvalue weighted by Gasteiger charge is 2.35. The van der Waals surface area contributed by atoms with Gasteiger partial charge in [-0.1, -0.05) is 17.7 Å². The molecule has 144 valence electrons. The van der Waals surface area contributed by atoms with Crippen molar-refractivity contribution in [2.24, 2.45) is 11.7 Å². The molecule has 1 aromatic carbocycles. The van der Waals surface area contributed by atoms with Gasteiger partial charge in [0.25, 0.3) is 0 Å². The maximum atomic E-state index is 15.3. The molecule has 1 aliphatic rings. The molecule has 0 radical (unpaired) electrons. The van der Waals surface area contributed by atoms with Crippen LogP contribution >= 0.6 is 11.6 Å². The second kappa shape index (κ2) is 8.10. The van der Waals surface area contributed by atoms with Crippen LogP contribution in [0.3, 0.4) is 0 Å². The summed E-state index contributed by atoms with van der Waals surface area (Å²) >= 11 is 6.17. The Bertz CT molecular complexity index is 827. The molecular formula is C19H22ClFN4O2. The first-order valence-corrected chi connectivity index (χ1v) is 9.14. The predicted octanol–water partition coefficient (Wildman–Crippen LogP) is 3.55. The van der Waals surface area contributed by atoms with Crippen LogP contribution in [0.2, 0.25) is 5.02 Å². The Balaban J connectivity index is 1.88. The van der Waals surface area contributed by atoms with Crippen LogP contribution in [-0.4, -0.2) is 16.9 Å². The molecule has 1 heterocycles. The van der Waals surface area contributed by atoms with E-state index in [9.17, 15) is 4.79 Å². The lowest BCUT2D eigenvalue weighted by atomic mass is 9.99. The lowest BCUT2D eigenvalue weighted by Crippen LogP contribution is -2.35. The minimum atomic E-state index is -0.532. The lowest BCUT2D eigenvalue weighted by molar-refractivity contribution is -0.118. The average molecular weight is 393 g/mol. The number of nitrogen functional groups attached to an aromatic ring is 1. The summed E-state index contributed by atoms with van der Waals surface area (Å²) in [5, 5.41) is 3.48. The highest BCUT2D eigenvalue weighted by molar-refractivity contribution is 6.32. The van der Waals surface area contributed by atoms with Crippen LogP contribution in [0.25, 0.3) is 0 Å². The van der Waals surface area contributed by atoms with Gasteiger partial charge in [-0.05, 0) is 43.9 Å². The van der Waals surface area contributed by atoms with Gasteiger partial charge in [-0.2, -0.15) is 0 Å². The first-order chi connectivity index (χ1) is 12.8. The van der Waals surface area contributed by atoms with Crippen LogP contribution in [-0.2, 0) is 4.79 Å². The maximum absolute atomic E-state index is 15.3. The number of aromatic nitrogens is 1. The molecule has 0 bridgehead atoms. The molecule has 0 saturated heterocycles. The highest BCUT2D eigenvalue weighted by Crippen LogP contribution is 2.45. The van der Waals surface area contributed by atoms with Crippen LogP contribution in [0.15, 0.2) is 30.5 Å². The summed E-state index contributed by atoms with van der Waals surface area (Å²) in [4.78, 5) is 15.1. The number of nitrogens with zero attached hydrogens (tertiary/aromatic N) is 1. The standard InChI is InChI=1S/C19H22ClFN4O2/c1-10(8-16(23)26)25-18(11-2-3-11)13-5-6-14(20)19(17(13)21)27-12-4-7-15(22)24-9-12/h4-7,9-11,18,25H,2-3,8H2,1H3,(H2,22,24)(H2,23,26)/t10-,18-/m1/s1. The number of carbonyl (C=O) groups excluding carboxylic acids is 1. The van der Waals surface area contributed by atoms with E-state index in [2.05, 4.69) is 10.3 Å². The predicted molar refractivity (Wildman–Crippen MR) is 102 cm³/mol. The van der Waals surface area contributed by atoms with Gasteiger partial charge in [-0.25, -0.2) is 9.37 Å². The minimum Gasteiger partial charge on any atom is -0.451 e. The summed E-state index contributed by atoms with van der Waals surface area (Å²) in [5.74, 6) is -0.0296. The molecule has 2 aromatic rings. The van der Waals surface area contributed by atoms with Gasteiger partial charge < -0.3 is 21.5 Å². The minimum absolute atomic E-state index is 0.0595. The number of nitrogens with one attached hydrogen (secondary N) is 1.